The maximum absolute atomic E-state index is 12.9. The number of rotatable bonds is 4. The van der Waals surface area contributed by atoms with Crippen LogP contribution in [0.25, 0.3) is 28.4 Å². The number of benzene rings is 1. The van der Waals surface area contributed by atoms with Crippen LogP contribution < -0.4 is 11.2 Å². The molecule has 0 aliphatic carbocycles. The lowest BCUT2D eigenvalue weighted by Crippen LogP contribution is -2.42. The van der Waals surface area contributed by atoms with Gasteiger partial charge in [0.2, 0.25) is 0 Å². The van der Waals surface area contributed by atoms with Gasteiger partial charge in [0, 0.05) is 24.0 Å². The molecule has 4 rings (SSSR count). The van der Waals surface area contributed by atoms with Crippen molar-refractivity contribution in [3.05, 3.63) is 73.5 Å². The van der Waals surface area contributed by atoms with E-state index in [1.54, 1.807) is 61.0 Å². The van der Waals surface area contributed by atoms with Gasteiger partial charge in [0.25, 0.3) is 5.56 Å². The van der Waals surface area contributed by atoms with Gasteiger partial charge in [0.15, 0.2) is 17.0 Å². The summed E-state index contributed by atoms with van der Waals surface area (Å²) in [5.41, 5.74) is -1.06. The van der Waals surface area contributed by atoms with Crippen LogP contribution in [-0.2, 0) is 10.5 Å². The molecule has 0 fully saturated rings. The van der Waals surface area contributed by atoms with E-state index in [1.807, 2.05) is 0 Å². The van der Waals surface area contributed by atoms with Gasteiger partial charge in [-0.2, -0.15) is 0 Å². The van der Waals surface area contributed by atoms with Crippen LogP contribution in [0.1, 0.15) is 13.8 Å². The summed E-state index contributed by atoms with van der Waals surface area (Å²) in [6.07, 6.45) is 1.57. The van der Waals surface area contributed by atoms with Crippen molar-refractivity contribution in [2.75, 3.05) is 7.11 Å². The maximum atomic E-state index is 12.9. The number of hydrogen-bond acceptors (Lipinski definition) is 5. The Morgan fingerprint density at radius 3 is 2.43 bits per heavy atom. The largest absolute Gasteiger partial charge is 0.359 e. The van der Waals surface area contributed by atoms with E-state index in [0.717, 1.165) is 0 Å². The fraction of sp³-hybridized carbons (Fsp3) is 0.200. The number of aromatic amines is 1. The Morgan fingerprint density at radius 2 is 1.80 bits per heavy atom. The molecule has 30 heavy (non-hydrogen) atoms. The Kier molecular flexibility index (Phi) is 5.01. The van der Waals surface area contributed by atoms with Gasteiger partial charge in [-0.25, -0.2) is 14.3 Å². The van der Waals surface area contributed by atoms with Gasteiger partial charge in [0.05, 0.1) is 5.02 Å². The third-order valence-corrected chi connectivity index (χ3v) is 5.36. The molecule has 0 saturated carbocycles. The fourth-order valence-corrected chi connectivity index (χ4v) is 3.55. The number of nitrogens with one attached hydrogen (secondary N) is 1. The van der Waals surface area contributed by atoms with Gasteiger partial charge < -0.3 is 4.74 Å². The lowest BCUT2D eigenvalue weighted by molar-refractivity contribution is -0.0454. The minimum atomic E-state index is -1.08. The molecule has 1 aromatic carbocycles. The first-order chi connectivity index (χ1) is 14.2. The van der Waals surface area contributed by atoms with Crippen molar-refractivity contribution in [1.82, 2.24) is 24.1 Å². The second-order valence-electron chi connectivity index (χ2n) is 7.00. The molecule has 0 amide bonds. The van der Waals surface area contributed by atoms with Gasteiger partial charge in [-0.05, 0) is 50.2 Å². The molecule has 1 N–H and O–H groups in total. The second kappa shape index (κ2) is 7.39. The van der Waals surface area contributed by atoms with Crippen LogP contribution in [0.4, 0.5) is 0 Å². The molecule has 4 aromatic rings. The molecule has 0 aliphatic rings. The quantitative estimate of drug-likeness (QED) is 0.517. The third kappa shape index (κ3) is 3.23. The molecule has 3 aromatic heterocycles. The van der Waals surface area contributed by atoms with Gasteiger partial charge >= 0.3 is 5.69 Å². The minimum absolute atomic E-state index is 0.141. The van der Waals surface area contributed by atoms with Crippen molar-refractivity contribution in [1.29, 1.82) is 0 Å². The fourth-order valence-electron chi connectivity index (χ4n) is 3.22. The van der Waals surface area contributed by atoms with Crippen molar-refractivity contribution in [2.45, 2.75) is 19.6 Å². The number of ether oxygens (including phenoxy) is 1. The van der Waals surface area contributed by atoms with E-state index < -0.39 is 17.0 Å². The Bertz CT molecular complexity index is 1370. The van der Waals surface area contributed by atoms with Gasteiger partial charge in [-0.15, -0.1) is 0 Å². The predicted octanol–water partition coefficient (Wildman–Crippen LogP) is 3.58. The number of halogens is 2. The molecule has 0 bridgehead atoms. The molecule has 3 heterocycles. The van der Waals surface area contributed by atoms with E-state index in [2.05, 4.69) is 15.0 Å². The van der Waals surface area contributed by atoms with Gasteiger partial charge in [-0.1, -0.05) is 23.2 Å². The summed E-state index contributed by atoms with van der Waals surface area (Å²) in [6.45, 7) is 3.39. The standard InChI is InChI=1S/C20H17Cl2N5O3/c1-20(2,30-3)27-17-15(18(28)25-19(27)29)26(12-8-6-11(21)7-9-12)16(24-17)14-13(22)5-4-10-23-14/h4-10H,1-3H3,(H,25,28,29). The lowest BCUT2D eigenvalue weighted by atomic mass is 10.2. The summed E-state index contributed by atoms with van der Waals surface area (Å²) >= 11 is 12.4. The molecule has 0 aliphatic heterocycles. The van der Waals surface area contributed by atoms with Crippen molar-refractivity contribution in [3.8, 4) is 17.2 Å². The lowest BCUT2D eigenvalue weighted by Gasteiger charge is -2.25. The van der Waals surface area contributed by atoms with E-state index in [4.69, 9.17) is 27.9 Å². The number of fused-ring (bicyclic) bond motifs is 1. The topological polar surface area (TPSA) is 94.8 Å². The summed E-state index contributed by atoms with van der Waals surface area (Å²) < 4.78 is 8.37. The Morgan fingerprint density at radius 1 is 1.10 bits per heavy atom. The molecule has 10 heteroatoms. The van der Waals surface area contributed by atoms with Crippen LogP contribution in [0.3, 0.4) is 0 Å². The first kappa shape index (κ1) is 20.3. The molecule has 0 spiro atoms. The van der Waals surface area contributed by atoms with Crippen molar-refractivity contribution < 1.29 is 4.74 Å². The zero-order valence-electron chi connectivity index (χ0n) is 16.3. The van der Waals surface area contributed by atoms with Crippen LogP contribution in [-0.4, -0.2) is 31.2 Å². The number of aromatic nitrogens is 5. The Labute approximate surface area is 180 Å². The predicted molar refractivity (Wildman–Crippen MR) is 116 cm³/mol. The Balaban J connectivity index is 2.22. The van der Waals surface area contributed by atoms with E-state index in [1.165, 1.54) is 11.7 Å². The summed E-state index contributed by atoms with van der Waals surface area (Å²) in [5.74, 6) is 0.301. The first-order valence-corrected chi connectivity index (χ1v) is 9.70. The van der Waals surface area contributed by atoms with Crippen molar-refractivity contribution in [3.63, 3.8) is 0 Å². The van der Waals surface area contributed by atoms with Crippen LogP contribution in [0, 0.1) is 0 Å². The zero-order chi connectivity index (χ0) is 21.6. The second-order valence-corrected chi connectivity index (χ2v) is 7.84. The highest BCUT2D eigenvalue weighted by atomic mass is 35.5. The number of H-pyrrole nitrogens is 1. The summed E-state index contributed by atoms with van der Waals surface area (Å²) in [7, 11) is 1.47. The van der Waals surface area contributed by atoms with Crippen LogP contribution in [0.15, 0.2) is 52.2 Å². The number of nitrogens with zero attached hydrogens (tertiary/aromatic N) is 4. The minimum Gasteiger partial charge on any atom is -0.359 e. The number of methoxy groups -OCH3 is 1. The van der Waals surface area contributed by atoms with Gasteiger partial charge in [0.1, 0.15) is 11.4 Å². The maximum Gasteiger partial charge on any atom is 0.332 e. The number of pyridine rings is 1. The number of imidazole rings is 1. The normalized spacial score (nSPS) is 11.9. The van der Waals surface area contributed by atoms with E-state index in [0.29, 0.717) is 27.3 Å². The monoisotopic (exact) mass is 445 g/mol. The summed E-state index contributed by atoms with van der Waals surface area (Å²) in [5, 5.41) is 0.881. The van der Waals surface area contributed by atoms with Crippen LogP contribution >= 0.6 is 23.2 Å². The van der Waals surface area contributed by atoms with Crippen LogP contribution in [0.2, 0.25) is 10.0 Å². The van der Waals surface area contributed by atoms with E-state index in [9.17, 15) is 9.59 Å². The van der Waals surface area contributed by atoms with E-state index in [-0.39, 0.29) is 11.2 Å². The van der Waals surface area contributed by atoms with E-state index >= 15 is 0 Å². The molecule has 154 valence electrons. The average Bonchev–Trinajstić information content (AvgIpc) is 3.09. The van der Waals surface area contributed by atoms with Crippen molar-refractivity contribution in [2.24, 2.45) is 0 Å². The smallest absolute Gasteiger partial charge is 0.332 e. The number of hydrogen-bond donors (Lipinski definition) is 1. The average molecular weight is 446 g/mol. The van der Waals surface area contributed by atoms with Crippen molar-refractivity contribution >= 4 is 34.4 Å². The summed E-state index contributed by atoms with van der Waals surface area (Å²) in [4.78, 5) is 36.9. The highest BCUT2D eigenvalue weighted by molar-refractivity contribution is 6.33. The first-order valence-electron chi connectivity index (χ1n) is 8.95. The highest BCUT2D eigenvalue weighted by Gasteiger charge is 2.29. The van der Waals surface area contributed by atoms with Gasteiger partial charge in [-0.3, -0.25) is 19.3 Å². The van der Waals surface area contributed by atoms with Crippen LogP contribution in [0.5, 0.6) is 0 Å². The molecule has 0 unspecified atom stereocenters. The molecule has 0 radical (unpaired) electrons. The molecule has 0 atom stereocenters. The molecule has 8 nitrogen and oxygen atoms in total. The highest BCUT2D eigenvalue weighted by Crippen LogP contribution is 2.31. The Hall–Kier alpha value is -2.94. The molecular formula is C20H17Cl2N5O3. The molecule has 0 saturated heterocycles. The zero-order valence-corrected chi connectivity index (χ0v) is 17.8. The SMILES string of the molecule is COC(C)(C)n1c(=O)[nH]c(=O)c2c1nc(-c1ncccc1Cl)n2-c1ccc(Cl)cc1. The summed E-state index contributed by atoms with van der Waals surface area (Å²) in [6, 6.07) is 10.2. The third-order valence-electron chi connectivity index (χ3n) is 4.80. The molecular weight excluding hydrogens is 429 g/mol.